The molecule has 0 N–H and O–H groups in total. The van der Waals surface area contributed by atoms with E-state index in [1.807, 2.05) is 13.8 Å². The predicted molar refractivity (Wildman–Crippen MR) is 97.0 cm³/mol. The maximum Gasteiger partial charge on any atom is 0.266 e. The fourth-order valence-corrected chi connectivity index (χ4v) is 3.44. The second kappa shape index (κ2) is 8.10. The Kier molecular flexibility index (Phi) is 6.14. The standard InChI is InChI=1S/C17H22N2O4S/c1-6-18-17-19(7-2)16(20)15(24-17)9-11-8-13(22-4)14(23-5)10-12(11)21-3/h8-10H,6-7H2,1-5H3/b15-9+,18-17?. The molecular weight excluding hydrogens is 328 g/mol. The third-order valence-electron chi connectivity index (χ3n) is 3.52. The number of aliphatic imine (C=N–C) groups is 1. The Labute approximate surface area is 146 Å². The second-order valence-electron chi connectivity index (χ2n) is 4.87. The molecule has 1 aliphatic rings. The molecule has 0 radical (unpaired) electrons. The third kappa shape index (κ3) is 3.51. The summed E-state index contributed by atoms with van der Waals surface area (Å²) in [4.78, 5) is 19.2. The molecule has 0 spiro atoms. The lowest BCUT2D eigenvalue weighted by Crippen LogP contribution is -2.28. The highest BCUT2D eigenvalue weighted by atomic mass is 32.2. The number of carbonyl (C=O) groups excluding carboxylic acids is 1. The Hall–Kier alpha value is -2.15. The van der Waals surface area contributed by atoms with Gasteiger partial charge in [-0.15, -0.1) is 0 Å². The Bertz CT molecular complexity index is 685. The summed E-state index contributed by atoms with van der Waals surface area (Å²) >= 11 is 1.37. The number of benzene rings is 1. The van der Waals surface area contributed by atoms with Gasteiger partial charge in [-0.3, -0.25) is 14.7 Å². The Balaban J connectivity index is 2.47. The molecule has 1 saturated heterocycles. The first kappa shape index (κ1) is 18.2. The summed E-state index contributed by atoms with van der Waals surface area (Å²) in [5.41, 5.74) is 0.750. The van der Waals surface area contributed by atoms with Crippen molar-refractivity contribution >= 4 is 28.9 Å². The largest absolute Gasteiger partial charge is 0.496 e. The number of hydrogen-bond donors (Lipinski definition) is 0. The summed E-state index contributed by atoms with van der Waals surface area (Å²) in [6.45, 7) is 5.11. The van der Waals surface area contributed by atoms with E-state index < -0.39 is 0 Å². The SMILES string of the molecule is CCN=C1S/C(=C/c2cc(OC)c(OC)cc2OC)C(=O)N1CC. The van der Waals surface area contributed by atoms with Gasteiger partial charge in [-0.2, -0.15) is 0 Å². The lowest BCUT2D eigenvalue weighted by atomic mass is 10.1. The van der Waals surface area contributed by atoms with Crippen molar-refractivity contribution in [2.24, 2.45) is 4.99 Å². The molecule has 0 unspecified atom stereocenters. The minimum atomic E-state index is -0.0495. The van der Waals surface area contributed by atoms with Crippen LogP contribution in [0.4, 0.5) is 0 Å². The van der Waals surface area contributed by atoms with Crippen LogP contribution in [0.3, 0.4) is 0 Å². The van der Waals surface area contributed by atoms with E-state index in [0.717, 1.165) is 10.7 Å². The van der Waals surface area contributed by atoms with Crippen molar-refractivity contribution in [2.45, 2.75) is 13.8 Å². The lowest BCUT2D eigenvalue weighted by molar-refractivity contribution is -0.122. The molecule has 1 amide bonds. The van der Waals surface area contributed by atoms with Crippen molar-refractivity contribution in [1.29, 1.82) is 0 Å². The number of carbonyl (C=O) groups is 1. The van der Waals surface area contributed by atoms with Gasteiger partial charge in [0.05, 0.1) is 26.2 Å². The topological polar surface area (TPSA) is 60.4 Å². The van der Waals surface area contributed by atoms with Crippen LogP contribution in [0.15, 0.2) is 22.0 Å². The van der Waals surface area contributed by atoms with Gasteiger partial charge in [0.25, 0.3) is 5.91 Å². The van der Waals surface area contributed by atoms with Gasteiger partial charge in [0.15, 0.2) is 16.7 Å². The van der Waals surface area contributed by atoms with Crippen molar-refractivity contribution < 1.29 is 19.0 Å². The molecule has 1 aromatic rings. The van der Waals surface area contributed by atoms with Gasteiger partial charge in [-0.1, -0.05) is 0 Å². The molecule has 0 saturated carbocycles. The molecule has 0 aromatic heterocycles. The molecule has 2 rings (SSSR count). The molecule has 0 bridgehead atoms. The zero-order valence-corrected chi connectivity index (χ0v) is 15.4. The average Bonchev–Trinajstić information content (AvgIpc) is 2.89. The maximum atomic E-state index is 12.6. The number of methoxy groups -OCH3 is 3. The zero-order chi connectivity index (χ0) is 17.7. The fourth-order valence-electron chi connectivity index (χ4n) is 2.35. The van der Waals surface area contributed by atoms with Crippen molar-refractivity contribution in [3.8, 4) is 17.2 Å². The first-order valence-electron chi connectivity index (χ1n) is 7.65. The first-order chi connectivity index (χ1) is 11.6. The number of amides is 1. The average molecular weight is 350 g/mol. The van der Waals surface area contributed by atoms with E-state index in [-0.39, 0.29) is 5.91 Å². The van der Waals surface area contributed by atoms with Gasteiger partial charge < -0.3 is 14.2 Å². The quantitative estimate of drug-likeness (QED) is 0.738. The van der Waals surface area contributed by atoms with Gasteiger partial charge in [0.2, 0.25) is 0 Å². The van der Waals surface area contributed by atoms with Crippen LogP contribution < -0.4 is 14.2 Å². The van der Waals surface area contributed by atoms with E-state index >= 15 is 0 Å². The Morgan fingerprint density at radius 1 is 1.08 bits per heavy atom. The fraction of sp³-hybridized carbons (Fsp3) is 0.412. The molecule has 1 aliphatic heterocycles. The summed E-state index contributed by atoms with van der Waals surface area (Å²) in [7, 11) is 4.72. The highest BCUT2D eigenvalue weighted by Gasteiger charge is 2.32. The number of rotatable bonds is 6. The second-order valence-corrected chi connectivity index (χ2v) is 5.88. The highest BCUT2D eigenvalue weighted by molar-refractivity contribution is 8.18. The van der Waals surface area contributed by atoms with E-state index in [9.17, 15) is 4.79 Å². The van der Waals surface area contributed by atoms with Gasteiger partial charge in [-0.05, 0) is 37.8 Å². The number of nitrogens with zero attached hydrogens (tertiary/aromatic N) is 2. The van der Waals surface area contributed by atoms with Crippen LogP contribution in [0.2, 0.25) is 0 Å². The number of thioether (sulfide) groups is 1. The maximum absolute atomic E-state index is 12.6. The number of amidine groups is 1. The summed E-state index contributed by atoms with van der Waals surface area (Å²) in [5.74, 6) is 1.71. The normalized spacial score (nSPS) is 17.7. The van der Waals surface area contributed by atoms with E-state index in [2.05, 4.69) is 4.99 Å². The summed E-state index contributed by atoms with van der Waals surface area (Å²) in [5, 5.41) is 0.732. The molecule has 6 nitrogen and oxygen atoms in total. The van der Waals surface area contributed by atoms with E-state index in [1.165, 1.54) is 11.8 Å². The van der Waals surface area contributed by atoms with Crippen molar-refractivity contribution in [1.82, 2.24) is 4.90 Å². The molecule has 0 aliphatic carbocycles. The first-order valence-corrected chi connectivity index (χ1v) is 8.47. The molecule has 7 heteroatoms. The van der Waals surface area contributed by atoms with Gasteiger partial charge in [0, 0.05) is 24.7 Å². The molecule has 130 valence electrons. The van der Waals surface area contributed by atoms with Gasteiger partial charge in [0.1, 0.15) is 5.75 Å². The van der Waals surface area contributed by atoms with E-state index in [1.54, 1.807) is 44.4 Å². The minimum absolute atomic E-state index is 0.0495. The lowest BCUT2D eigenvalue weighted by Gasteiger charge is -2.12. The van der Waals surface area contributed by atoms with Gasteiger partial charge >= 0.3 is 0 Å². The highest BCUT2D eigenvalue weighted by Crippen LogP contribution is 2.38. The van der Waals surface area contributed by atoms with E-state index in [0.29, 0.717) is 35.2 Å². The van der Waals surface area contributed by atoms with Crippen LogP contribution >= 0.6 is 11.8 Å². The molecule has 1 aromatic carbocycles. The number of hydrogen-bond acceptors (Lipinski definition) is 6. The minimum Gasteiger partial charge on any atom is -0.496 e. The molecule has 1 heterocycles. The van der Waals surface area contributed by atoms with Crippen LogP contribution in [0.25, 0.3) is 6.08 Å². The smallest absolute Gasteiger partial charge is 0.266 e. The zero-order valence-electron chi connectivity index (χ0n) is 14.6. The Morgan fingerprint density at radius 2 is 1.71 bits per heavy atom. The number of ether oxygens (including phenoxy) is 3. The van der Waals surface area contributed by atoms with Crippen LogP contribution in [-0.2, 0) is 4.79 Å². The molecular formula is C17H22N2O4S. The monoisotopic (exact) mass is 350 g/mol. The third-order valence-corrected chi connectivity index (χ3v) is 4.56. The van der Waals surface area contributed by atoms with Crippen molar-refractivity contribution in [2.75, 3.05) is 34.4 Å². The van der Waals surface area contributed by atoms with Crippen LogP contribution in [0.5, 0.6) is 17.2 Å². The Morgan fingerprint density at radius 3 is 2.25 bits per heavy atom. The summed E-state index contributed by atoms with van der Waals surface area (Å²) < 4.78 is 16.0. The summed E-state index contributed by atoms with van der Waals surface area (Å²) in [6, 6.07) is 3.54. The van der Waals surface area contributed by atoms with Crippen molar-refractivity contribution in [3.05, 3.63) is 22.6 Å². The van der Waals surface area contributed by atoms with Gasteiger partial charge in [-0.25, -0.2) is 0 Å². The van der Waals surface area contributed by atoms with Crippen LogP contribution in [-0.4, -0.2) is 50.4 Å². The molecule has 24 heavy (non-hydrogen) atoms. The molecule has 0 atom stereocenters. The van der Waals surface area contributed by atoms with E-state index in [4.69, 9.17) is 14.2 Å². The number of likely N-dealkylation sites (N-methyl/N-ethyl adjacent to an activating group) is 1. The van der Waals surface area contributed by atoms with Crippen molar-refractivity contribution in [3.63, 3.8) is 0 Å². The molecule has 1 fully saturated rings. The summed E-state index contributed by atoms with van der Waals surface area (Å²) in [6.07, 6.45) is 1.80. The predicted octanol–water partition coefficient (Wildman–Crippen LogP) is 3.02. The van der Waals surface area contributed by atoms with Crippen LogP contribution in [0.1, 0.15) is 19.4 Å². The van der Waals surface area contributed by atoms with Crippen LogP contribution in [0, 0.1) is 0 Å².